The molecule has 0 aliphatic carbocycles. The fraction of sp³-hybridized carbons (Fsp3) is 0.538. The van der Waals surface area contributed by atoms with Gasteiger partial charge in [-0.2, -0.15) is 0 Å². The van der Waals surface area contributed by atoms with Crippen molar-refractivity contribution < 1.29 is 9.84 Å². The van der Waals surface area contributed by atoms with Crippen molar-refractivity contribution in [2.75, 3.05) is 32.2 Å². The standard InChI is InChI=1S/C13H21NO2/c1-4-5-11-10-12(16-9-8-15)6-7-13(11)14(2)3/h6-7,10,15H,4-5,8-9H2,1-3H3. The Kier molecular flexibility index (Phi) is 5.12. The third kappa shape index (κ3) is 3.42. The number of aliphatic hydroxyl groups is 1. The minimum absolute atomic E-state index is 0.0541. The lowest BCUT2D eigenvalue weighted by atomic mass is 10.1. The van der Waals surface area contributed by atoms with Crippen LogP contribution in [0.5, 0.6) is 5.75 Å². The van der Waals surface area contributed by atoms with Crippen LogP contribution in [0.25, 0.3) is 0 Å². The predicted molar refractivity (Wildman–Crippen MR) is 67.3 cm³/mol. The molecule has 0 aliphatic heterocycles. The molecular weight excluding hydrogens is 202 g/mol. The van der Waals surface area contributed by atoms with Crippen LogP contribution in [0.1, 0.15) is 18.9 Å². The summed E-state index contributed by atoms with van der Waals surface area (Å²) in [6.07, 6.45) is 2.16. The maximum absolute atomic E-state index is 8.71. The average Bonchev–Trinajstić information content (AvgIpc) is 2.26. The van der Waals surface area contributed by atoms with E-state index >= 15 is 0 Å². The first-order valence-electron chi connectivity index (χ1n) is 5.73. The van der Waals surface area contributed by atoms with E-state index in [2.05, 4.69) is 24.0 Å². The number of anilines is 1. The van der Waals surface area contributed by atoms with Gasteiger partial charge in [0, 0.05) is 19.8 Å². The highest BCUT2D eigenvalue weighted by Crippen LogP contribution is 2.25. The van der Waals surface area contributed by atoms with Crippen LogP contribution in [0.15, 0.2) is 18.2 Å². The molecule has 0 heterocycles. The maximum Gasteiger partial charge on any atom is 0.119 e. The molecule has 0 saturated heterocycles. The number of hydrogen-bond donors (Lipinski definition) is 1. The number of nitrogens with zero attached hydrogens (tertiary/aromatic N) is 1. The molecule has 3 nitrogen and oxygen atoms in total. The van der Waals surface area contributed by atoms with Crippen LogP contribution in [0.4, 0.5) is 5.69 Å². The van der Waals surface area contributed by atoms with Crippen molar-refractivity contribution >= 4 is 5.69 Å². The van der Waals surface area contributed by atoms with E-state index in [1.54, 1.807) is 0 Å². The molecule has 0 amide bonds. The van der Waals surface area contributed by atoms with Crippen molar-refractivity contribution in [3.8, 4) is 5.75 Å². The summed E-state index contributed by atoms with van der Waals surface area (Å²) in [5.41, 5.74) is 2.53. The van der Waals surface area contributed by atoms with E-state index in [9.17, 15) is 0 Å². The van der Waals surface area contributed by atoms with Gasteiger partial charge in [0.1, 0.15) is 12.4 Å². The van der Waals surface area contributed by atoms with Crippen molar-refractivity contribution in [3.63, 3.8) is 0 Å². The smallest absolute Gasteiger partial charge is 0.119 e. The first kappa shape index (κ1) is 12.8. The van der Waals surface area contributed by atoms with Crippen molar-refractivity contribution in [1.82, 2.24) is 0 Å². The molecular formula is C13H21NO2. The number of benzene rings is 1. The monoisotopic (exact) mass is 223 g/mol. The molecule has 3 heteroatoms. The Morgan fingerprint density at radius 1 is 1.31 bits per heavy atom. The van der Waals surface area contributed by atoms with Gasteiger partial charge in [-0.1, -0.05) is 13.3 Å². The zero-order valence-electron chi connectivity index (χ0n) is 10.4. The molecule has 0 radical (unpaired) electrons. The van der Waals surface area contributed by atoms with Crippen molar-refractivity contribution in [2.24, 2.45) is 0 Å². The zero-order valence-corrected chi connectivity index (χ0v) is 10.4. The fourth-order valence-electron chi connectivity index (χ4n) is 1.72. The molecule has 0 aliphatic rings. The Bertz CT molecular complexity index is 324. The van der Waals surface area contributed by atoms with Gasteiger partial charge in [-0.05, 0) is 30.2 Å². The second-order valence-electron chi connectivity index (χ2n) is 4.01. The molecule has 1 aromatic carbocycles. The predicted octanol–water partition coefficient (Wildman–Crippen LogP) is 2.08. The first-order valence-corrected chi connectivity index (χ1v) is 5.73. The molecule has 1 aromatic rings. The Morgan fingerprint density at radius 3 is 2.62 bits per heavy atom. The van der Waals surface area contributed by atoms with Gasteiger partial charge in [-0.25, -0.2) is 0 Å². The second kappa shape index (κ2) is 6.38. The highest BCUT2D eigenvalue weighted by Gasteiger charge is 2.05. The summed E-state index contributed by atoms with van der Waals surface area (Å²) in [6, 6.07) is 6.08. The van der Waals surface area contributed by atoms with E-state index in [-0.39, 0.29) is 6.61 Å². The highest BCUT2D eigenvalue weighted by molar-refractivity contribution is 5.55. The molecule has 0 spiro atoms. The molecule has 1 rings (SSSR count). The van der Waals surface area contributed by atoms with Crippen molar-refractivity contribution in [1.29, 1.82) is 0 Å². The Hall–Kier alpha value is -1.22. The molecule has 0 atom stereocenters. The highest BCUT2D eigenvalue weighted by atomic mass is 16.5. The summed E-state index contributed by atoms with van der Waals surface area (Å²) in [7, 11) is 4.09. The Labute approximate surface area is 97.7 Å². The fourth-order valence-corrected chi connectivity index (χ4v) is 1.72. The van der Waals surface area contributed by atoms with Crippen molar-refractivity contribution in [2.45, 2.75) is 19.8 Å². The summed E-state index contributed by atoms with van der Waals surface area (Å²) in [5.74, 6) is 0.836. The van der Waals surface area contributed by atoms with E-state index in [4.69, 9.17) is 9.84 Å². The third-order valence-electron chi connectivity index (χ3n) is 2.41. The molecule has 0 saturated carbocycles. The summed E-state index contributed by atoms with van der Waals surface area (Å²) in [6.45, 7) is 2.58. The van der Waals surface area contributed by atoms with Gasteiger partial charge in [0.2, 0.25) is 0 Å². The van der Waals surface area contributed by atoms with E-state index < -0.39 is 0 Å². The summed E-state index contributed by atoms with van der Waals surface area (Å²) in [4.78, 5) is 2.11. The van der Waals surface area contributed by atoms with Crippen LogP contribution < -0.4 is 9.64 Å². The summed E-state index contributed by atoms with van der Waals surface area (Å²) in [5, 5.41) is 8.71. The first-order chi connectivity index (χ1) is 7.69. The van der Waals surface area contributed by atoms with Gasteiger partial charge in [0.25, 0.3) is 0 Å². The number of aliphatic hydroxyl groups excluding tert-OH is 1. The van der Waals surface area contributed by atoms with Crippen LogP contribution in [0.3, 0.4) is 0 Å². The zero-order chi connectivity index (χ0) is 12.0. The van der Waals surface area contributed by atoms with Gasteiger partial charge < -0.3 is 14.7 Å². The normalized spacial score (nSPS) is 10.2. The van der Waals surface area contributed by atoms with Crippen LogP contribution >= 0.6 is 0 Å². The lowest BCUT2D eigenvalue weighted by Gasteiger charge is -2.18. The third-order valence-corrected chi connectivity index (χ3v) is 2.41. The molecule has 0 bridgehead atoms. The Balaban J connectivity index is 2.88. The lowest BCUT2D eigenvalue weighted by Crippen LogP contribution is -2.11. The van der Waals surface area contributed by atoms with E-state index in [1.807, 2.05) is 20.2 Å². The average molecular weight is 223 g/mol. The lowest BCUT2D eigenvalue weighted by molar-refractivity contribution is 0.201. The number of rotatable bonds is 6. The minimum atomic E-state index is 0.0541. The molecule has 16 heavy (non-hydrogen) atoms. The Morgan fingerprint density at radius 2 is 2.06 bits per heavy atom. The summed E-state index contributed by atoms with van der Waals surface area (Å²) >= 11 is 0. The quantitative estimate of drug-likeness (QED) is 0.801. The minimum Gasteiger partial charge on any atom is -0.491 e. The molecule has 0 aromatic heterocycles. The van der Waals surface area contributed by atoms with Gasteiger partial charge in [-0.15, -0.1) is 0 Å². The number of ether oxygens (including phenoxy) is 1. The van der Waals surface area contributed by atoms with Gasteiger partial charge in [0.15, 0.2) is 0 Å². The largest absolute Gasteiger partial charge is 0.491 e. The van der Waals surface area contributed by atoms with Crippen molar-refractivity contribution in [3.05, 3.63) is 23.8 Å². The topological polar surface area (TPSA) is 32.7 Å². The van der Waals surface area contributed by atoms with Crippen LogP contribution in [-0.2, 0) is 6.42 Å². The summed E-state index contributed by atoms with van der Waals surface area (Å²) < 4.78 is 5.41. The van der Waals surface area contributed by atoms with Gasteiger partial charge in [0.05, 0.1) is 6.61 Å². The molecule has 0 fully saturated rings. The molecule has 1 N–H and O–H groups in total. The van der Waals surface area contributed by atoms with E-state index in [1.165, 1.54) is 11.3 Å². The van der Waals surface area contributed by atoms with Crippen LogP contribution in [0, 0.1) is 0 Å². The SMILES string of the molecule is CCCc1cc(OCCO)ccc1N(C)C. The maximum atomic E-state index is 8.71. The van der Waals surface area contributed by atoms with Crippen LogP contribution in [0.2, 0.25) is 0 Å². The molecule has 90 valence electrons. The second-order valence-corrected chi connectivity index (χ2v) is 4.01. The van der Waals surface area contributed by atoms with E-state index in [0.29, 0.717) is 6.61 Å². The number of aryl methyl sites for hydroxylation is 1. The van der Waals surface area contributed by atoms with Gasteiger partial charge in [-0.3, -0.25) is 0 Å². The van der Waals surface area contributed by atoms with Crippen LogP contribution in [-0.4, -0.2) is 32.4 Å². The number of hydrogen-bond acceptors (Lipinski definition) is 3. The molecule has 0 unspecified atom stereocenters. The van der Waals surface area contributed by atoms with E-state index in [0.717, 1.165) is 18.6 Å². The van der Waals surface area contributed by atoms with Gasteiger partial charge >= 0.3 is 0 Å².